The zero-order valence-electron chi connectivity index (χ0n) is 15.1. The van der Waals surface area contributed by atoms with Crippen LogP contribution in [0.4, 0.5) is 17.1 Å². The van der Waals surface area contributed by atoms with E-state index in [1.807, 2.05) is 35.0 Å². The van der Waals surface area contributed by atoms with Gasteiger partial charge in [-0.1, -0.05) is 19.1 Å². The van der Waals surface area contributed by atoms with E-state index >= 15 is 0 Å². The standard InChI is InChI=1S/C20H23N3O2S/c1-13-10-22(2)8-7-14(13)9-19(24)23-17-6-4-3-5-16(17)21-20(25)15-11-26-12-18(15)23/h3-6,11-14H,7-10H2,1-2H3,(H,21,25). The van der Waals surface area contributed by atoms with Crippen LogP contribution in [-0.2, 0) is 4.79 Å². The van der Waals surface area contributed by atoms with Crippen LogP contribution in [0.5, 0.6) is 0 Å². The first-order valence-electron chi connectivity index (χ1n) is 9.02. The van der Waals surface area contributed by atoms with E-state index in [0.29, 0.717) is 35.2 Å². The maximum Gasteiger partial charge on any atom is 0.258 e. The SMILES string of the molecule is CC1CN(C)CCC1CC(=O)N1c2ccccc2NC(=O)c2cscc21. The molecule has 2 aliphatic heterocycles. The third-order valence-corrected chi connectivity index (χ3v) is 6.22. The van der Waals surface area contributed by atoms with Crippen molar-refractivity contribution >= 4 is 40.2 Å². The third kappa shape index (κ3) is 3.04. The summed E-state index contributed by atoms with van der Waals surface area (Å²) in [6.07, 6.45) is 1.54. The molecule has 5 nitrogen and oxygen atoms in total. The van der Waals surface area contributed by atoms with E-state index < -0.39 is 0 Å². The summed E-state index contributed by atoms with van der Waals surface area (Å²) < 4.78 is 0. The number of hydrogen-bond donors (Lipinski definition) is 1. The summed E-state index contributed by atoms with van der Waals surface area (Å²) in [5.41, 5.74) is 2.70. The topological polar surface area (TPSA) is 52.7 Å². The molecule has 2 unspecified atom stereocenters. The van der Waals surface area contributed by atoms with Crippen molar-refractivity contribution in [1.82, 2.24) is 4.90 Å². The average Bonchev–Trinajstić information content (AvgIpc) is 3.04. The Kier molecular flexibility index (Phi) is 4.54. The van der Waals surface area contributed by atoms with Gasteiger partial charge in [0.15, 0.2) is 0 Å². The number of carbonyl (C=O) groups is 2. The summed E-state index contributed by atoms with van der Waals surface area (Å²) in [5, 5.41) is 6.65. The van der Waals surface area contributed by atoms with E-state index in [2.05, 4.69) is 24.2 Å². The zero-order chi connectivity index (χ0) is 18.3. The molecule has 0 radical (unpaired) electrons. The van der Waals surface area contributed by atoms with E-state index in [9.17, 15) is 9.59 Å². The fraction of sp³-hybridized carbons (Fsp3) is 0.400. The molecule has 2 aromatic rings. The predicted octanol–water partition coefficient (Wildman–Crippen LogP) is 3.96. The van der Waals surface area contributed by atoms with E-state index in [1.165, 1.54) is 11.3 Å². The summed E-state index contributed by atoms with van der Waals surface area (Å²) in [6, 6.07) is 7.53. The maximum atomic E-state index is 13.4. The van der Waals surface area contributed by atoms with Gasteiger partial charge in [0.05, 0.1) is 22.6 Å². The van der Waals surface area contributed by atoms with Gasteiger partial charge in [-0.3, -0.25) is 14.5 Å². The Balaban J connectivity index is 1.68. The number of amides is 2. The van der Waals surface area contributed by atoms with Crippen LogP contribution in [0.2, 0.25) is 0 Å². The summed E-state index contributed by atoms with van der Waals surface area (Å²) in [7, 11) is 2.13. The van der Waals surface area contributed by atoms with Gasteiger partial charge in [0, 0.05) is 23.7 Å². The second-order valence-electron chi connectivity index (χ2n) is 7.36. The molecule has 1 fully saturated rings. The van der Waals surface area contributed by atoms with Gasteiger partial charge in [0.25, 0.3) is 5.91 Å². The Labute approximate surface area is 157 Å². The van der Waals surface area contributed by atoms with Gasteiger partial charge in [-0.2, -0.15) is 0 Å². The van der Waals surface area contributed by atoms with Crippen molar-refractivity contribution in [3.05, 3.63) is 40.6 Å². The van der Waals surface area contributed by atoms with Crippen molar-refractivity contribution in [1.29, 1.82) is 0 Å². The first kappa shape index (κ1) is 17.2. The van der Waals surface area contributed by atoms with Gasteiger partial charge >= 0.3 is 0 Å². The van der Waals surface area contributed by atoms with E-state index in [-0.39, 0.29) is 11.8 Å². The third-order valence-electron chi connectivity index (χ3n) is 5.49. The molecule has 1 N–H and O–H groups in total. The molecule has 2 atom stereocenters. The fourth-order valence-corrected chi connectivity index (χ4v) is 4.81. The number of piperidine rings is 1. The monoisotopic (exact) mass is 369 g/mol. The smallest absolute Gasteiger partial charge is 0.258 e. The Morgan fingerprint density at radius 1 is 1.27 bits per heavy atom. The van der Waals surface area contributed by atoms with Gasteiger partial charge in [0.1, 0.15) is 0 Å². The molecule has 0 spiro atoms. The lowest BCUT2D eigenvalue weighted by atomic mass is 9.84. The molecule has 0 saturated carbocycles. The van der Waals surface area contributed by atoms with Crippen molar-refractivity contribution < 1.29 is 9.59 Å². The van der Waals surface area contributed by atoms with Crippen LogP contribution in [0.3, 0.4) is 0 Å². The average molecular weight is 369 g/mol. The molecular formula is C20H23N3O2S. The first-order valence-corrected chi connectivity index (χ1v) is 9.97. The molecule has 1 saturated heterocycles. The highest BCUT2D eigenvalue weighted by Crippen LogP contribution is 2.40. The van der Waals surface area contributed by atoms with Crippen molar-refractivity contribution in [2.45, 2.75) is 19.8 Å². The molecule has 4 rings (SSSR count). The molecule has 1 aromatic heterocycles. The number of rotatable bonds is 2. The maximum absolute atomic E-state index is 13.4. The van der Waals surface area contributed by atoms with Gasteiger partial charge in [-0.15, -0.1) is 11.3 Å². The summed E-state index contributed by atoms with van der Waals surface area (Å²) in [4.78, 5) is 29.9. The number of hydrogen-bond acceptors (Lipinski definition) is 4. The van der Waals surface area contributed by atoms with Crippen molar-refractivity contribution in [2.24, 2.45) is 11.8 Å². The molecule has 3 heterocycles. The highest BCUT2D eigenvalue weighted by molar-refractivity contribution is 7.08. The largest absolute Gasteiger partial charge is 0.320 e. The van der Waals surface area contributed by atoms with Crippen LogP contribution in [0.15, 0.2) is 35.0 Å². The van der Waals surface area contributed by atoms with E-state index in [0.717, 1.165) is 25.2 Å². The van der Waals surface area contributed by atoms with Gasteiger partial charge in [0.2, 0.25) is 5.91 Å². The Hall–Kier alpha value is -2.18. The lowest BCUT2D eigenvalue weighted by Crippen LogP contribution is -2.39. The van der Waals surface area contributed by atoms with Crippen molar-refractivity contribution in [3.63, 3.8) is 0 Å². The van der Waals surface area contributed by atoms with E-state index in [4.69, 9.17) is 0 Å². The number of fused-ring (bicyclic) bond motifs is 2. The lowest BCUT2D eigenvalue weighted by Gasteiger charge is -2.35. The molecule has 0 bridgehead atoms. The second-order valence-corrected chi connectivity index (χ2v) is 8.11. The first-order chi connectivity index (χ1) is 12.5. The predicted molar refractivity (Wildman–Crippen MR) is 105 cm³/mol. The summed E-state index contributed by atoms with van der Waals surface area (Å²) >= 11 is 1.45. The van der Waals surface area contributed by atoms with Crippen molar-refractivity contribution in [3.8, 4) is 0 Å². The number of nitrogens with zero attached hydrogens (tertiary/aromatic N) is 2. The number of benzene rings is 1. The summed E-state index contributed by atoms with van der Waals surface area (Å²) in [5.74, 6) is 0.771. The van der Waals surface area contributed by atoms with Gasteiger partial charge in [-0.05, 0) is 44.0 Å². The normalized spacial score (nSPS) is 23.0. The number of para-hydroxylation sites is 2. The summed E-state index contributed by atoms with van der Waals surface area (Å²) in [6.45, 7) is 4.28. The lowest BCUT2D eigenvalue weighted by molar-refractivity contribution is -0.119. The van der Waals surface area contributed by atoms with Gasteiger partial charge in [-0.25, -0.2) is 0 Å². The fourth-order valence-electron chi connectivity index (χ4n) is 4.02. The molecule has 0 aliphatic carbocycles. The highest BCUT2D eigenvalue weighted by atomic mass is 32.1. The zero-order valence-corrected chi connectivity index (χ0v) is 15.9. The molecule has 2 aliphatic rings. The quantitative estimate of drug-likeness (QED) is 0.872. The molecule has 26 heavy (non-hydrogen) atoms. The van der Waals surface area contributed by atoms with Crippen molar-refractivity contribution in [2.75, 3.05) is 30.4 Å². The molecule has 1 aromatic carbocycles. The number of thiophene rings is 1. The minimum atomic E-state index is -0.156. The van der Waals surface area contributed by atoms with E-state index in [1.54, 1.807) is 4.90 Å². The molecule has 2 amide bonds. The molecule has 6 heteroatoms. The van der Waals surface area contributed by atoms with Crippen LogP contribution in [0, 0.1) is 11.8 Å². The van der Waals surface area contributed by atoms with Crippen LogP contribution in [0.25, 0.3) is 0 Å². The minimum Gasteiger partial charge on any atom is -0.320 e. The second kappa shape index (κ2) is 6.85. The highest BCUT2D eigenvalue weighted by Gasteiger charge is 2.33. The number of nitrogens with one attached hydrogen (secondary N) is 1. The van der Waals surface area contributed by atoms with Crippen LogP contribution in [0.1, 0.15) is 30.1 Å². The Morgan fingerprint density at radius 2 is 2.08 bits per heavy atom. The number of carbonyl (C=O) groups excluding carboxylic acids is 2. The Bertz CT molecular complexity index is 847. The number of anilines is 3. The van der Waals surface area contributed by atoms with Crippen LogP contribution < -0.4 is 10.2 Å². The number of likely N-dealkylation sites (tertiary alicyclic amines) is 1. The Morgan fingerprint density at radius 3 is 2.88 bits per heavy atom. The van der Waals surface area contributed by atoms with Gasteiger partial charge < -0.3 is 10.2 Å². The molecule has 136 valence electrons. The van der Waals surface area contributed by atoms with Crippen LogP contribution in [-0.4, -0.2) is 36.9 Å². The molecular weight excluding hydrogens is 346 g/mol. The van der Waals surface area contributed by atoms with Crippen LogP contribution >= 0.6 is 11.3 Å². The minimum absolute atomic E-state index is 0.0648.